The fourth-order valence-electron chi connectivity index (χ4n) is 4.35. The molecule has 0 bridgehead atoms. The van der Waals surface area contributed by atoms with Gasteiger partial charge in [-0.05, 0) is 80.8 Å². The lowest BCUT2D eigenvalue weighted by Crippen LogP contribution is -2.30. The van der Waals surface area contributed by atoms with Crippen LogP contribution >= 0.6 is 0 Å². The third-order valence-corrected chi connectivity index (χ3v) is 6.06. The van der Waals surface area contributed by atoms with Crippen LogP contribution in [0.1, 0.15) is 42.1 Å². The maximum Gasteiger partial charge on any atom is 0.300 e. The van der Waals surface area contributed by atoms with Gasteiger partial charge < -0.3 is 14.6 Å². The summed E-state index contributed by atoms with van der Waals surface area (Å²) in [5, 5.41) is 11.4. The minimum Gasteiger partial charge on any atom is -0.507 e. The standard InChI is InChI=1S/C29H29NO5/c1-17(2)35-24-15-12-21(16-19(24)4)27(31)25-26(20-10-13-22(34-5)14-11-20)30(29(33)28(25)32)23-9-7-6-8-18(23)3/h6-17,26,31H,1-5H3/b27-25-. The van der Waals surface area contributed by atoms with Crippen LogP contribution in [-0.2, 0) is 9.59 Å². The van der Waals surface area contributed by atoms with Gasteiger partial charge >= 0.3 is 0 Å². The number of ether oxygens (including phenoxy) is 2. The summed E-state index contributed by atoms with van der Waals surface area (Å²) in [6.07, 6.45) is 0.00246. The molecule has 1 fully saturated rings. The van der Waals surface area contributed by atoms with Crippen molar-refractivity contribution in [1.29, 1.82) is 0 Å². The molecule has 3 aromatic carbocycles. The van der Waals surface area contributed by atoms with Crippen molar-refractivity contribution in [3.05, 3.63) is 94.6 Å². The van der Waals surface area contributed by atoms with E-state index < -0.39 is 17.7 Å². The van der Waals surface area contributed by atoms with Gasteiger partial charge in [0.05, 0.1) is 24.8 Å². The first kappa shape index (κ1) is 24.1. The van der Waals surface area contributed by atoms with Crippen LogP contribution in [0.15, 0.2) is 72.3 Å². The molecule has 1 saturated heterocycles. The van der Waals surface area contributed by atoms with Crippen molar-refractivity contribution in [1.82, 2.24) is 0 Å². The van der Waals surface area contributed by atoms with Crippen LogP contribution in [-0.4, -0.2) is 30.0 Å². The molecule has 3 aromatic rings. The molecule has 0 aromatic heterocycles. The van der Waals surface area contributed by atoms with E-state index in [1.54, 1.807) is 55.6 Å². The quantitative estimate of drug-likeness (QED) is 0.282. The lowest BCUT2D eigenvalue weighted by molar-refractivity contribution is -0.132. The number of aryl methyl sites for hydroxylation is 2. The molecule has 6 heteroatoms. The molecule has 0 aliphatic carbocycles. The summed E-state index contributed by atoms with van der Waals surface area (Å²) in [6, 6.07) is 19.0. The van der Waals surface area contributed by atoms with Gasteiger partial charge in [0.2, 0.25) is 0 Å². The second kappa shape index (κ2) is 9.66. The van der Waals surface area contributed by atoms with E-state index in [9.17, 15) is 14.7 Å². The number of carbonyl (C=O) groups is 2. The van der Waals surface area contributed by atoms with Gasteiger partial charge in [-0.15, -0.1) is 0 Å². The Hall–Kier alpha value is -4.06. The summed E-state index contributed by atoms with van der Waals surface area (Å²) < 4.78 is 11.1. The number of anilines is 1. The number of nitrogens with zero attached hydrogens (tertiary/aromatic N) is 1. The summed E-state index contributed by atoms with van der Waals surface area (Å²) in [6.45, 7) is 7.64. The van der Waals surface area contributed by atoms with Crippen LogP contribution in [0, 0.1) is 13.8 Å². The number of aliphatic hydroxyl groups is 1. The summed E-state index contributed by atoms with van der Waals surface area (Å²) >= 11 is 0. The van der Waals surface area contributed by atoms with E-state index in [0.29, 0.717) is 28.3 Å². The highest BCUT2D eigenvalue weighted by atomic mass is 16.5. The molecule has 1 aliphatic heterocycles. The number of amides is 1. The Morgan fingerprint density at radius 3 is 2.23 bits per heavy atom. The molecule has 1 N–H and O–H groups in total. The van der Waals surface area contributed by atoms with Crippen molar-refractivity contribution in [2.24, 2.45) is 0 Å². The van der Waals surface area contributed by atoms with Crippen molar-refractivity contribution in [3.63, 3.8) is 0 Å². The van der Waals surface area contributed by atoms with Crippen molar-refractivity contribution in [2.75, 3.05) is 12.0 Å². The molecule has 180 valence electrons. The fraction of sp³-hybridized carbons (Fsp3) is 0.241. The number of rotatable bonds is 6. The van der Waals surface area contributed by atoms with E-state index in [1.807, 2.05) is 45.9 Å². The topological polar surface area (TPSA) is 76.1 Å². The van der Waals surface area contributed by atoms with Gasteiger partial charge in [0, 0.05) is 11.3 Å². The zero-order valence-electron chi connectivity index (χ0n) is 20.5. The number of benzene rings is 3. The highest BCUT2D eigenvalue weighted by Gasteiger charge is 2.47. The van der Waals surface area contributed by atoms with Gasteiger partial charge in [0.15, 0.2) is 0 Å². The lowest BCUT2D eigenvalue weighted by atomic mass is 9.94. The van der Waals surface area contributed by atoms with Crippen molar-refractivity contribution >= 4 is 23.1 Å². The molecule has 1 unspecified atom stereocenters. The summed E-state index contributed by atoms with van der Waals surface area (Å²) in [5.41, 5.74) is 3.45. The summed E-state index contributed by atoms with van der Waals surface area (Å²) in [4.78, 5) is 28.2. The third kappa shape index (κ3) is 4.52. The Kier molecular flexibility index (Phi) is 6.65. The lowest BCUT2D eigenvalue weighted by Gasteiger charge is -2.27. The molecule has 1 heterocycles. The molecular weight excluding hydrogens is 442 g/mol. The smallest absolute Gasteiger partial charge is 0.300 e. The van der Waals surface area contributed by atoms with Crippen LogP contribution in [0.3, 0.4) is 0 Å². The van der Waals surface area contributed by atoms with Gasteiger partial charge in [-0.2, -0.15) is 0 Å². The number of aliphatic hydroxyl groups excluding tert-OH is 1. The Bertz CT molecular complexity index is 1310. The highest BCUT2D eigenvalue weighted by Crippen LogP contribution is 2.43. The number of methoxy groups -OCH3 is 1. The summed E-state index contributed by atoms with van der Waals surface area (Å²) in [7, 11) is 1.57. The van der Waals surface area contributed by atoms with Crippen LogP contribution in [0.2, 0.25) is 0 Å². The molecule has 1 atom stereocenters. The SMILES string of the molecule is COc1ccc(C2/C(=C(/O)c3ccc(OC(C)C)c(C)c3)C(=O)C(=O)N2c2ccccc2C)cc1. The average Bonchev–Trinajstić information content (AvgIpc) is 3.10. The molecule has 1 aliphatic rings. The number of Topliss-reactive ketones (excluding diaryl/α,β-unsaturated/α-hetero) is 1. The van der Waals surface area contributed by atoms with Crippen molar-refractivity contribution < 1.29 is 24.2 Å². The number of hydrogen-bond donors (Lipinski definition) is 1. The van der Waals surface area contributed by atoms with Crippen LogP contribution in [0.5, 0.6) is 11.5 Å². The normalized spacial score (nSPS) is 17.2. The summed E-state index contributed by atoms with van der Waals surface area (Å²) in [5.74, 6) is -0.286. The maximum absolute atomic E-state index is 13.4. The van der Waals surface area contributed by atoms with Gasteiger partial charge in [0.25, 0.3) is 11.7 Å². The number of hydrogen-bond acceptors (Lipinski definition) is 5. The van der Waals surface area contributed by atoms with E-state index in [0.717, 1.165) is 11.1 Å². The zero-order valence-corrected chi connectivity index (χ0v) is 20.5. The molecule has 6 nitrogen and oxygen atoms in total. The predicted octanol–water partition coefficient (Wildman–Crippen LogP) is 5.73. The molecule has 0 saturated carbocycles. The van der Waals surface area contributed by atoms with E-state index in [-0.39, 0.29) is 17.4 Å². The molecule has 1 amide bonds. The van der Waals surface area contributed by atoms with Gasteiger partial charge in [-0.25, -0.2) is 0 Å². The van der Waals surface area contributed by atoms with E-state index >= 15 is 0 Å². The average molecular weight is 472 g/mol. The Balaban J connectivity index is 1.90. The maximum atomic E-state index is 13.4. The minimum atomic E-state index is -0.797. The molecule has 35 heavy (non-hydrogen) atoms. The second-order valence-electron chi connectivity index (χ2n) is 8.88. The van der Waals surface area contributed by atoms with Crippen molar-refractivity contribution in [2.45, 2.75) is 39.8 Å². The zero-order chi connectivity index (χ0) is 25.3. The van der Waals surface area contributed by atoms with E-state index in [2.05, 4.69) is 0 Å². The monoisotopic (exact) mass is 471 g/mol. The van der Waals surface area contributed by atoms with Gasteiger partial charge in [-0.1, -0.05) is 30.3 Å². The number of carbonyl (C=O) groups excluding carboxylic acids is 2. The predicted molar refractivity (Wildman–Crippen MR) is 136 cm³/mol. The highest BCUT2D eigenvalue weighted by molar-refractivity contribution is 6.51. The van der Waals surface area contributed by atoms with E-state index in [1.165, 1.54) is 4.90 Å². The van der Waals surface area contributed by atoms with Gasteiger partial charge in [0.1, 0.15) is 17.3 Å². The Morgan fingerprint density at radius 1 is 0.943 bits per heavy atom. The molecular formula is C29H29NO5. The van der Waals surface area contributed by atoms with E-state index in [4.69, 9.17) is 9.47 Å². The molecule has 0 spiro atoms. The largest absolute Gasteiger partial charge is 0.507 e. The minimum absolute atomic E-state index is 0.00246. The first-order valence-corrected chi connectivity index (χ1v) is 11.5. The third-order valence-electron chi connectivity index (χ3n) is 6.06. The fourth-order valence-corrected chi connectivity index (χ4v) is 4.35. The number of ketones is 1. The first-order chi connectivity index (χ1) is 16.7. The first-order valence-electron chi connectivity index (χ1n) is 11.5. The number of para-hydroxylation sites is 1. The Labute approximate surface area is 205 Å². The Morgan fingerprint density at radius 2 is 1.63 bits per heavy atom. The van der Waals surface area contributed by atoms with Crippen LogP contribution < -0.4 is 14.4 Å². The second-order valence-corrected chi connectivity index (χ2v) is 8.88. The van der Waals surface area contributed by atoms with Gasteiger partial charge in [-0.3, -0.25) is 14.5 Å². The van der Waals surface area contributed by atoms with Crippen LogP contribution in [0.4, 0.5) is 5.69 Å². The molecule has 4 rings (SSSR count). The van der Waals surface area contributed by atoms with Crippen molar-refractivity contribution in [3.8, 4) is 11.5 Å². The molecule has 0 radical (unpaired) electrons. The van der Waals surface area contributed by atoms with Crippen LogP contribution in [0.25, 0.3) is 5.76 Å².